The number of hydrogen-bond acceptors (Lipinski definition) is 6. The number of nitriles is 1. The Morgan fingerprint density at radius 3 is 2.61 bits per heavy atom. The van der Waals surface area contributed by atoms with Gasteiger partial charge in [-0.25, -0.2) is 9.37 Å². The lowest BCUT2D eigenvalue weighted by molar-refractivity contribution is -0.118. The number of allylic oxidation sites excluding steroid dienone is 1. The van der Waals surface area contributed by atoms with Crippen molar-refractivity contribution in [3.63, 3.8) is 0 Å². The van der Waals surface area contributed by atoms with Crippen molar-refractivity contribution >= 4 is 50.2 Å². The Bertz CT molecular complexity index is 1490. The second-order valence-electron chi connectivity index (χ2n) is 7.51. The van der Waals surface area contributed by atoms with Crippen molar-refractivity contribution in [3.8, 4) is 23.3 Å². The van der Waals surface area contributed by atoms with Gasteiger partial charge in [0, 0.05) is 16.2 Å². The summed E-state index contributed by atoms with van der Waals surface area (Å²) < 4.78 is 30.0. The van der Waals surface area contributed by atoms with Crippen LogP contribution in [0.3, 0.4) is 0 Å². The number of hydrogen-bond donors (Lipinski definition) is 2. The molecule has 1 heterocycles. The zero-order chi connectivity index (χ0) is 25.7. The normalized spacial score (nSPS) is 11.1. The number of anilines is 1. The first-order chi connectivity index (χ1) is 17.4. The molecule has 0 bridgehead atoms. The minimum Gasteiger partial charge on any atom is -0.497 e. The van der Waals surface area contributed by atoms with Crippen molar-refractivity contribution in [1.82, 2.24) is 9.97 Å². The minimum atomic E-state index is -0.419. The molecule has 3 aromatic carbocycles. The molecular formula is C26H20BrFN4O4. The highest BCUT2D eigenvalue weighted by Gasteiger charge is 2.14. The zero-order valence-corrected chi connectivity index (χ0v) is 20.8. The highest BCUT2D eigenvalue weighted by Crippen LogP contribution is 2.35. The fourth-order valence-corrected chi connectivity index (χ4v) is 3.80. The Labute approximate surface area is 214 Å². The topological polar surface area (TPSA) is 109 Å². The fraction of sp³-hybridized carbons (Fsp3) is 0.115. The second-order valence-corrected chi connectivity index (χ2v) is 8.36. The SMILES string of the molecule is COc1ccc2nc(/C(C#N)=C\c3cc(OC)c(OCC(=O)Nc4ccc(F)cc4)cc3Br)[nH]c2c1. The Morgan fingerprint density at radius 1 is 1.14 bits per heavy atom. The summed E-state index contributed by atoms with van der Waals surface area (Å²) in [6.45, 7) is -0.290. The molecule has 1 aromatic heterocycles. The molecule has 36 heavy (non-hydrogen) atoms. The maximum Gasteiger partial charge on any atom is 0.262 e. The van der Waals surface area contributed by atoms with Crippen molar-refractivity contribution in [3.05, 3.63) is 76.3 Å². The first-order valence-electron chi connectivity index (χ1n) is 10.6. The first-order valence-corrected chi connectivity index (χ1v) is 11.4. The summed E-state index contributed by atoms with van der Waals surface area (Å²) in [6, 6.07) is 16.3. The summed E-state index contributed by atoms with van der Waals surface area (Å²) in [5.74, 6) is 0.958. The number of fused-ring (bicyclic) bond motifs is 1. The molecule has 4 rings (SSSR count). The monoisotopic (exact) mass is 550 g/mol. The molecule has 2 N–H and O–H groups in total. The van der Waals surface area contributed by atoms with Crippen LogP contribution in [0.4, 0.5) is 10.1 Å². The number of H-pyrrole nitrogens is 1. The van der Waals surface area contributed by atoms with E-state index in [0.29, 0.717) is 49.9 Å². The van der Waals surface area contributed by atoms with E-state index in [2.05, 4.69) is 37.3 Å². The predicted molar refractivity (Wildman–Crippen MR) is 137 cm³/mol. The number of nitrogens with one attached hydrogen (secondary N) is 2. The van der Waals surface area contributed by atoms with Gasteiger partial charge in [-0.15, -0.1) is 0 Å². The third kappa shape index (κ3) is 5.64. The third-order valence-corrected chi connectivity index (χ3v) is 5.82. The van der Waals surface area contributed by atoms with E-state index < -0.39 is 11.7 Å². The number of aromatic amines is 1. The van der Waals surface area contributed by atoms with Crippen LogP contribution < -0.4 is 19.5 Å². The highest BCUT2D eigenvalue weighted by atomic mass is 79.9. The molecular weight excluding hydrogens is 531 g/mol. The van der Waals surface area contributed by atoms with Gasteiger partial charge in [-0.1, -0.05) is 15.9 Å². The maximum atomic E-state index is 13.0. The summed E-state index contributed by atoms with van der Waals surface area (Å²) in [7, 11) is 3.05. The largest absolute Gasteiger partial charge is 0.497 e. The summed E-state index contributed by atoms with van der Waals surface area (Å²) in [6.07, 6.45) is 1.66. The molecule has 8 nitrogen and oxygen atoms in total. The highest BCUT2D eigenvalue weighted by molar-refractivity contribution is 9.10. The van der Waals surface area contributed by atoms with E-state index in [0.717, 1.165) is 5.52 Å². The van der Waals surface area contributed by atoms with Crippen LogP contribution in [0.15, 0.2) is 59.1 Å². The van der Waals surface area contributed by atoms with Crippen molar-refractivity contribution in [1.29, 1.82) is 5.26 Å². The van der Waals surface area contributed by atoms with E-state index >= 15 is 0 Å². The Kier molecular flexibility index (Phi) is 7.51. The van der Waals surface area contributed by atoms with Crippen molar-refractivity contribution in [2.45, 2.75) is 0 Å². The standard InChI is InChI=1S/C26H20BrFN4O4/c1-34-19-7-8-21-22(11-19)32-26(31-21)16(13-29)9-15-10-23(35-2)24(12-20(15)27)36-14-25(33)30-18-5-3-17(28)4-6-18/h3-12H,14H2,1-2H3,(H,30,33)(H,31,32)/b16-9-. The van der Waals surface area contributed by atoms with Gasteiger partial charge < -0.3 is 24.5 Å². The number of methoxy groups -OCH3 is 2. The predicted octanol–water partition coefficient (Wildman–Crippen LogP) is 5.56. The van der Waals surface area contributed by atoms with Gasteiger partial charge in [0.1, 0.15) is 23.5 Å². The minimum absolute atomic E-state index is 0.290. The van der Waals surface area contributed by atoms with E-state index in [1.807, 2.05) is 0 Å². The Morgan fingerprint density at radius 2 is 1.92 bits per heavy atom. The second kappa shape index (κ2) is 10.9. The molecule has 0 unspecified atom stereocenters. The number of halogens is 2. The van der Waals surface area contributed by atoms with Crippen molar-refractivity contribution < 1.29 is 23.4 Å². The van der Waals surface area contributed by atoms with E-state index in [9.17, 15) is 14.4 Å². The number of carbonyl (C=O) groups excluding carboxylic acids is 1. The lowest BCUT2D eigenvalue weighted by atomic mass is 10.1. The molecule has 0 spiro atoms. The summed E-state index contributed by atoms with van der Waals surface area (Å²) in [4.78, 5) is 19.9. The quantitative estimate of drug-likeness (QED) is 0.278. The van der Waals surface area contributed by atoms with E-state index in [4.69, 9.17) is 14.2 Å². The van der Waals surface area contributed by atoms with E-state index in [1.54, 1.807) is 43.5 Å². The van der Waals surface area contributed by atoms with Crippen LogP contribution in [-0.4, -0.2) is 36.7 Å². The van der Waals surface area contributed by atoms with Gasteiger partial charge in [0.25, 0.3) is 5.91 Å². The lowest BCUT2D eigenvalue weighted by Crippen LogP contribution is -2.20. The van der Waals surface area contributed by atoms with Crippen LogP contribution in [0.5, 0.6) is 17.2 Å². The van der Waals surface area contributed by atoms with Crippen LogP contribution >= 0.6 is 15.9 Å². The zero-order valence-electron chi connectivity index (χ0n) is 19.3. The van der Waals surface area contributed by atoms with Crippen molar-refractivity contribution in [2.75, 3.05) is 26.1 Å². The average Bonchev–Trinajstić information content (AvgIpc) is 3.31. The Hall–Kier alpha value is -4.36. The van der Waals surface area contributed by atoms with Crippen LogP contribution in [-0.2, 0) is 4.79 Å². The van der Waals surface area contributed by atoms with Crippen LogP contribution in [0, 0.1) is 17.1 Å². The molecule has 0 aliphatic rings. The molecule has 0 radical (unpaired) electrons. The van der Waals surface area contributed by atoms with Gasteiger partial charge in [-0.05, 0) is 60.2 Å². The molecule has 182 valence electrons. The summed E-state index contributed by atoms with van der Waals surface area (Å²) >= 11 is 3.49. The number of aromatic nitrogens is 2. The number of benzene rings is 3. The van der Waals surface area contributed by atoms with Crippen LogP contribution in [0.25, 0.3) is 22.7 Å². The number of rotatable bonds is 8. The number of amides is 1. The number of ether oxygens (including phenoxy) is 3. The van der Waals surface area contributed by atoms with Crippen LogP contribution in [0.2, 0.25) is 0 Å². The van der Waals surface area contributed by atoms with Gasteiger partial charge in [-0.2, -0.15) is 5.26 Å². The summed E-state index contributed by atoms with van der Waals surface area (Å²) in [5.41, 5.74) is 2.84. The number of nitrogens with zero attached hydrogens (tertiary/aromatic N) is 2. The third-order valence-electron chi connectivity index (χ3n) is 5.13. The van der Waals surface area contributed by atoms with Gasteiger partial charge in [-0.3, -0.25) is 4.79 Å². The Balaban J connectivity index is 1.54. The first kappa shape index (κ1) is 24.8. The smallest absolute Gasteiger partial charge is 0.262 e. The molecule has 0 aliphatic carbocycles. The molecule has 0 saturated heterocycles. The van der Waals surface area contributed by atoms with Gasteiger partial charge >= 0.3 is 0 Å². The van der Waals surface area contributed by atoms with Gasteiger partial charge in [0.2, 0.25) is 0 Å². The fourth-order valence-electron chi connectivity index (χ4n) is 3.36. The molecule has 10 heteroatoms. The molecule has 0 aliphatic heterocycles. The number of carbonyl (C=O) groups is 1. The van der Waals surface area contributed by atoms with Gasteiger partial charge in [0.15, 0.2) is 18.1 Å². The number of imidazole rings is 1. The van der Waals surface area contributed by atoms with E-state index in [-0.39, 0.29) is 6.61 Å². The average molecular weight is 551 g/mol. The molecule has 0 atom stereocenters. The molecule has 1 amide bonds. The molecule has 0 fully saturated rings. The molecule has 4 aromatic rings. The van der Waals surface area contributed by atoms with Gasteiger partial charge in [0.05, 0.1) is 30.8 Å². The van der Waals surface area contributed by atoms with Crippen LogP contribution in [0.1, 0.15) is 11.4 Å². The lowest BCUT2D eigenvalue weighted by Gasteiger charge is -2.13. The van der Waals surface area contributed by atoms with E-state index in [1.165, 1.54) is 31.4 Å². The maximum absolute atomic E-state index is 13.0. The summed E-state index contributed by atoms with van der Waals surface area (Å²) in [5, 5.41) is 12.4. The van der Waals surface area contributed by atoms with Crippen molar-refractivity contribution in [2.24, 2.45) is 0 Å². The molecule has 0 saturated carbocycles.